The number of nitrogens with one attached hydrogen (secondary N) is 1. The first kappa shape index (κ1) is 10.5. The second-order valence-electron chi connectivity index (χ2n) is 4.42. The second kappa shape index (κ2) is 4.21. The molecule has 0 fully saturated rings. The predicted octanol–water partition coefficient (Wildman–Crippen LogP) is -1.04. The van der Waals surface area contributed by atoms with Gasteiger partial charge >= 0.3 is 0 Å². The van der Waals surface area contributed by atoms with Crippen molar-refractivity contribution in [3.05, 3.63) is 29.3 Å². The summed E-state index contributed by atoms with van der Waals surface area (Å²) in [6, 6.07) is 7.03. The molecule has 1 heterocycles. The van der Waals surface area contributed by atoms with Crippen LogP contribution in [0.1, 0.15) is 17.2 Å². The third-order valence-corrected chi connectivity index (χ3v) is 3.19. The van der Waals surface area contributed by atoms with Gasteiger partial charge in [0, 0.05) is 11.1 Å². The highest BCUT2D eigenvalue weighted by Gasteiger charge is 2.27. The van der Waals surface area contributed by atoms with Gasteiger partial charge in [0.15, 0.2) is 6.04 Å². The van der Waals surface area contributed by atoms with Crippen molar-refractivity contribution in [1.29, 1.82) is 0 Å². The van der Waals surface area contributed by atoms with Gasteiger partial charge in [0.1, 0.15) is 18.8 Å². The first-order valence-corrected chi connectivity index (χ1v) is 5.51. The Morgan fingerprint density at radius 2 is 2.20 bits per heavy atom. The number of hydrogen-bond acceptors (Lipinski definition) is 1. The normalized spacial score (nSPS) is 20.1. The molecule has 2 rings (SSSR count). The summed E-state index contributed by atoms with van der Waals surface area (Å²) in [6.45, 7) is 2.27. The fraction of sp³-hybridized carbons (Fsp3) is 0.500. The molecule has 0 saturated heterocycles. The number of nitrogens with two attached hydrogens (primary N) is 1. The minimum Gasteiger partial charge on any atom is -0.497 e. The number of rotatable bonds is 2. The maximum absolute atomic E-state index is 5.29. The summed E-state index contributed by atoms with van der Waals surface area (Å²) in [4.78, 5) is 1.49. The van der Waals surface area contributed by atoms with E-state index in [1.165, 1.54) is 22.6 Å². The Kier molecular flexibility index (Phi) is 2.93. The molecule has 3 nitrogen and oxygen atoms in total. The Hall–Kier alpha value is -1.06. The quantitative estimate of drug-likeness (QED) is 0.639. The van der Waals surface area contributed by atoms with Gasteiger partial charge in [-0.2, -0.15) is 0 Å². The van der Waals surface area contributed by atoms with Crippen LogP contribution in [0.5, 0.6) is 5.75 Å². The van der Waals surface area contributed by atoms with Crippen LogP contribution < -0.4 is 15.0 Å². The zero-order valence-corrected chi connectivity index (χ0v) is 9.71. The topological polar surface area (TPSA) is 30.3 Å². The Morgan fingerprint density at radius 1 is 1.40 bits per heavy atom. The van der Waals surface area contributed by atoms with Crippen molar-refractivity contribution < 1.29 is 15.0 Å². The van der Waals surface area contributed by atoms with E-state index in [-0.39, 0.29) is 0 Å². The summed E-state index contributed by atoms with van der Waals surface area (Å²) in [6.07, 6.45) is 0. The Bertz CT molecular complexity index is 349. The van der Waals surface area contributed by atoms with Crippen LogP contribution in [-0.2, 0) is 6.54 Å². The highest BCUT2D eigenvalue weighted by Crippen LogP contribution is 2.22. The molecule has 0 aromatic heterocycles. The van der Waals surface area contributed by atoms with Crippen LogP contribution in [0.15, 0.2) is 18.2 Å². The Labute approximate surface area is 91.0 Å². The molecule has 1 aromatic rings. The van der Waals surface area contributed by atoms with Crippen LogP contribution in [0.3, 0.4) is 0 Å². The number of ether oxygens (including phenoxy) is 1. The molecule has 1 aliphatic rings. The molecule has 1 aliphatic heterocycles. The summed E-state index contributed by atoms with van der Waals surface area (Å²) in [7, 11) is 6.16. The van der Waals surface area contributed by atoms with Gasteiger partial charge < -0.3 is 15.0 Å². The van der Waals surface area contributed by atoms with Crippen molar-refractivity contribution in [2.24, 2.45) is 0 Å². The molecule has 0 unspecified atom stereocenters. The van der Waals surface area contributed by atoms with Crippen molar-refractivity contribution in [1.82, 2.24) is 0 Å². The lowest BCUT2D eigenvalue weighted by Gasteiger charge is -2.26. The first-order chi connectivity index (χ1) is 7.22. The average Bonchev–Trinajstić information content (AvgIpc) is 2.27. The van der Waals surface area contributed by atoms with E-state index < -0.39 is 0 Å². The average molecular weight is 208 g/mol. The summed E-state index contributed by atoms with van der Waals surface area (Å²) >= 11 is 0. The molecule has 15 heavy (non-hydrogen) atoms. The zero-order valence-electron chi connectivity index (χ0n) is 9.71. The third kappa shape index (κ3) is 1.98. The fourth-order valence-electron chi connectivity index (χ4n) is 2.29. The minimum atomic E-state index is 0.587. The van der Waals surface area contributed by atoms with Crippen LogP contribution in [0.25, 0.3) is 0 Å². The number of hydrogen-bond donors (Lipinski definition) is 2. The highest BCUT2D eigenvalue weighted by atomic mass is 16.5. The summed E-state index contributed by atoms with van der Waals surface area (Å²) in [5, 5.41) is 2.38. The van der Waals surface area contributed by atoms with Crippen molar-refractivity contribution in [3.63, 3.8) is 0 Å². The van der Waals surface area contributed by atoms with E-state index in [1.807, 2.05) is 0 Å². The summed E-state index contributed by atoms with van der Waals surface area (Å²) in [5.41, 5.74) is 2.91. The smallest absolute Gasteiger partial charge is 0.163 e. The van der Waals surface area contributed by atoms with Crippen LogP contribution in [0.2, 0.25) is 0 Å². The molecule has 1 aromatic carbocycles. The van der Waals surface area contributed by atoms with Gasteiger partial charge in [0.05, 0.1) is 21.2 Å². The van der Waals surface area contributed by atoms with Crippen LogP contribution in [0.4, 0.5) is 0 Å². The number of fused-ring (bicyclic) bond motifs is 1. The molecule has 0 radical (unpaired) electrons. The molecule has 3 heteroatoms. The van der Waals surface area contributed by atoms with Crippen LogP contribution in [-0.4, -0.2) is 27.7 Å². The first-order valence-electron chi connectivity index (χ1n) is 5.51. The standard InChI is InChI=1S/C12H18N2O/c1-14(2)12-8-13-7-9-4-5-10(15-3)6-11(9)12/h4-6,12-13H,7-8H2,1-3H3/p+2/t12-/m1/s1. The van der Waals surface area contributed by atoms with Crippen molar-refractivity contribution >= 4 is 0 Å². The lowest BCUT2D eigenvalue weighted by molar-refractivity contribution is -0.912. The highest BCUT2D eigenvalue weighted by molar-refractivity contribution is 5.37. The number of methoxy groups -OCH3 is 1. The molecule has 0 saturated carbocycles. The van der Waals surface area contributed by atoms with Gasteiger partial charge in [-0.3, -0.25) is 0 Å². The number of benzene rings is 1. The minimum absolute atomic E-state index is 0.587. The van der Waals surface area contributed by atoms with E-state index in [9.17, 15) is 0 Å². The van der Waals surface area contributed by atoms with E-state index in [0.29, 0.717) is 6.04 Å². The summed E-state index contributed by atoms with van der Waals surface area (Å²) < 4.78 is 5.29. The molecular weight excluding hydrogens is 188 g/mol. The van der Waals surface area contributed by atoms with Gasteiger partial charge in [-0.25, -0.2) is 0 Å². The van der Waals surface area contributed by atoms with Crippen molar-refractivity contribution in [2.45, 2.75) is 12.6 Å². The molecule has 3 N–H and O–H groups in total. The van der Waals surface area contributed by atoms with Gasteiger partial charge in [0.2, 0.25) is 0 Å². The van der Waals surface area contributed by atoms with E-state index in [0.717, 1.165) is 12.3 Å². The van der Waals surface area contributed by atoms with E-state index >= 15 is 0 Å². The van der Waals surface area contributed by atoms with Gasteiger partial charge in [-0.15, -0.1) is 0 Å². The van der Waals surface area contributed by atoms with E-state index in [4.69, 9.17) is 4.74 Å². The SMILES string of the molecule is COc1ccc2c(c1)[C@H]([NH+](C)C)C[NH2+]C2. The molecule has 0 bridgehead atoms. The molecule has 0 spiro atoms. The molecule has 82 valence electrons. The van der Waals surface area contributed by atoms with E-state index in [2.05, 4.69) is 37.6 Å². The second-order valence-corrected chi connectivity index (χ2v) is 4.42. The number of likely N-dealkylation sites (N-methyl/N-ethyl adjacent to an activating group) is 1. The number of quaternary nitrogens is 2. The van der Waals surface area contributed by atoms with Crippen molar-refractivity contribution in [3.8, 4) is 5.75 Å². The Morgan fingerprint density at radius 3 is 2.87 bits per heavy atom. The fourth-order valence-corrected chi connectivity index (χ4v) is 2.29. The lowest BCUT2D eigenvalue weighted by Crippen LogP contribution is -3.10. The van der Waals surface area contributed by atoms with Crippen molar-refractivity contribution in [2.75, 3.05) is 27.7 Å². The maximum Gasteiger partial charge on any atom is 0.163 e. The molecule has 1 atom stereocenters. The molecular formula is C12H20N2O+2. The lowest BCUT2D eigenvalue weighted by atomic mass is 9.96. The predicted molar refractivity (Wildman–Crippen MR) is 59.0 cm³/mol. The van der Waals surface area contributed by atoms with Gasteiger partial charge in [-0.1, -0.05) is 0 Å². The third-order valence-electron chi connectivity index (χ3n) is 3.19. The van der Waals surface area contributed by atoms with Gasteiger partial charge in [-0.05, 0) is 18.2 Å². The molecule has 0 amide bonds. The monoisotopic (exact) mass is 208 g/mol. The zero-order chi connectivity index (χ0) is 10.8. The Balaban J connectivity index is 2.39. The largest absolute Gasteiger partial charge is 0.497 e. The maximum atomic E-state index is 5.29. The summed E-state index contributed by atoms with van der Waals surface area (Å²) in [5.74, 6) is 0.974. The van der Waals surface area contributed by atoms with E-state index in [1.54, 1.807) is 7.11 Å². The van der Waals surface area contributed by atoms with Gasteiger partial charge in [0.25, 0.3) is 0 Å². The van der Waals surface area contributed by atoms with Crippen LogP contribution in [0, 0.1) is 0 Å². The van der Waals surface area contributed by atoms with Crippen LogP contribution >= 0.6 is 0 Å². The molecule has 0 aliphatic carbocycles.